The third-order valence-electron chi connectivity index (χ3n) is 2.90. The van der Waals surface area contributed by atoms with E-state index in [0.29, 0.717) is 6.04 Å². The minimum absolute atomic E-state index is 0.0507. The van der Waals surface area contributed by atoms with Crippen LogP contribution in [0.25, 0.3) is 0 Å². The monoisotopic (exact) mass is 211 g/mol. The second-order valence-corrected chi connectivity index (χ2v) is 4.88. The van der Waals surface area contributed by atoms with Gasteiger partial charge in [0.15, 0.2) is 5.13 Å². The highest BCUT2D eigenvalue weighted by atomic mass is 32.1. The van der Waals surface area contributed by atoms with E-state index in [2.05, 4.69) is 22.3 Å². The molecule has 0 saturated heterocycles. The SMILES string of the molecule is CC(N)c1csc(N(C)C2CCC2)n1. The molecule has 78 valence electrons. The molecule has 2 N–H and O–H groups in total. The minimum Gasteiger partial charge on any atom is -0.348 e. The van der Waals surface area contributed by atoms with Crippen molar-refractivity contribution < 1.29 is 0 Å². The second-order valence-electron chi connectivity index (χ2n) is 4.04. The van der Waals surface area contributed by atoms with Crippen molar-refractivity contribution in [2.45, 2.75) is 38.3 Å². The average Bonchev–Trinajstić information content (AvgIpc) is 2.48. The van der Waals surface area contributed by atoms with Gasteiger partial charge in [-0.3, -0.25) is 0 Å². The van der Waals surface area contributed by atoms with Crippen LogP contribution in [0.4, 0.5) is 5.13 Å². The van der Waals surface area contributed by atoms with E-state index >= 15 is 0 Å². The van der Waals surface area contributed by atoms with Crippen LogP contribution in [0.1, 0.15) is 37.9 Å². The lowest BCUT2D eigenvalue weighted by Crippen LogP contribution is -2.37. The Balaban J connectivity index is 2.07. The number of hydrogen-bond donors (Lipinski definition) is 1. The molecule has 1 heterocycles. The van der Waals surface area contributed by atoms with E-state index in [0.717, 1.165) is 10.8 Å². The fraction of sp³-hybridized carbons (Fsp3) is 0.700. The molecule has 1 atom stereocenters. The summed E-state index contributed by atoms with van der Waals surface area (Å²) < 4.78 is 0. The van der Waals surface area contributed by atoms with Crippen LogP contribution in [0, 0.1) is 0 Å². The van der Waals surface area contributed by atoms with E-state index < -0.39 is 0 Å². The molecule has 1 aromatic rings. The Morgan fingerprint density at radius 1 is 1.64 bits per heavy atom. The van der Waals surface area contributed by atoms with Gasteiger partial charge < -0.3 is 10.6 Å². The van der Waals surface area contributed by atoms with E-state index in [-0.39, 0.29) is 6.04 Å². The summed E-state index contributed by atoms with van der Waals surface area (Å²) in [6, 6.07) is 0.761. The van der Waals surface area contributed by atoms with Crippen LogP contribution >= 0.6 is 11.3 Å². The van der Waals surface area contributed by atoms with Gasteiger partial charge in [0, 0.05) is 24.5 Å². The lowest BCUT2D eigenvalue weighted by molar-refractivity contribution is 0.400. The van der Waals surface area contributed by atoms with E-state index in [9.17, 15) is 0 Å². The third-order valence-corrected chi connectivity index (χ3v) is 3.85. The highest BCUT2D eigenvalue weighted by Crippen LogP contribution is 2.30. The zero-order valence-corrected chi connectivity index (χ0v) is 9.55. The van der Waals surface area contributed by atoms with Gasteiger partial charge in [0.25, 0.3) is 0 Å². The average molecular weight is 211 g/mol. The Morgan fingerprint density at radius 2 is 2.36 bits per heavy atom. The quantitative estimate of drug-likeness (QED) is 0.833. The molecule has 3 nitrogen and oxygen atoms in total. The fourth-order valence-electron chi connectivity index (χ4n) is 1.58. The smallest absolute Gasteiger partial charge is 0.185 e. The first-order valence-electron chi connectivity index (χ1n) is 5.12. The number of aromatic nitrogens is 1. The van der Waals surface area contributed by atoms with Crippen molar-refractivity contribution in [3.8, 4) is 0 Å². The minimum atomic E-state index is 0.0507. The molecule has 1 unspecified atom stereocenters. The summed E-state index contributed by atoms with van der Waals surface area (Å²) in [5.74, 6) is 0. The predicted molar refractivity (Wildman–Crippen MR) is 60.8 cm³/mol. The van der Waals surface area contributed by atoms with Crippen LogP contribution < -0.4 is 10.6 Å². The lowest BCUT2D eigenvalue weighted by Gasteiger charge is -2.34. The maximum atomic E-state index is 5.78. The van der Waals surface area contributed by atoms with Gasteiger partial charge in [-0.15, -0.1) is 11.3 Å². The molecule has 0 aromatic carbocycles. The van der Waals surface area contributed by atoms with Crippen molar-refractivity contribution in [2.75, 3.05) is 11.9 Å². The standard InChI is InChI=1S/C10H17N3S/c1-7(11)9-6-14-10(12-9)13(2)8-4-3-5-8/h6-8H,3-5,11H2,1-2H3. The number of nitrogens with two attached hydrogens (primary N) is 1. The van der Waals surface area contributed by atoms with Crippen LogP contribution in [0.2, 0.25) is 0 Å². The summed E-state index contributed by atoms with van der Waals surface area (Å²) in [4.78, 5) is 6.82. The van der Waals surface area contributed by atoms with Crippen LogP contribution in [-0.2, 0) is 0 Å². The Hall–Kier alpha value is -0.610. The van der Waals surface area contributed by atoms with Gasteiger partial charge in [0.1, 0.15) is 0 Å². The van der Waals surface area contributed by atoms with Crippen molar-refractivity contribution in [1.82, 2.24) is 4.98 Å². The van der Waals surface area contributed by atoms with Crippen LogP contribution in [0.15, 0.2) is 5.38 Å². The molecule has 0 amide bonds. The molecule has 0 radical (unpaired) electrons. The predicted octanol–water partition coefficient (Wildman–Crippen LogP) is 2.15. The molecule has 1 aliphatic carbocycles. The molecule has 0 bridgehead atoms. The summed E-state index contributed by atoms with van der Waals surface area (Å²) in [5, 5.41) is 3.18. The molecule has 1 saturated carbocycles. The van der Waals surface area contributed by atoms with Gasteiger partial charge in [-0.25, -0.2) is 4.98 Å². The maximum absolute atomic E-state index is 5.78. The van der Waals surface area contributed by atoms with Crippen molar-refractivity contribution >= 4 is 16.5 Å². The summed E-state index contributed by atoms with van der Waals surface area (Å²) in [6.45, 7) is 1.97. The van der Waals surface area contributed by atoms with E-state index in [1.165, 1.54) is 19.3 Å². The van der Waals surface area contributed by atoms with Crippen LogP contribution in [0.5, 0.6) is 0 Å². The Morgan fingerprint density at radius 3 is 2.79 bits per heavy atom. The molecule has 1 fully saturated rings. The van der Waals surface area contributed by atoms with Crippen molar-refractivity contribution in [3.05, 3.63) is 11.1 Å². The molecule has 0 spiro atoms. The van der Waals surface area contributed by atoms with Gasteiger partial charge in [-0.05, 0) is 26.2 Å². The third kappa shape index (κ3) is 1.77. The molecular weight excluding hydrogens is 194 g/mol. The molecule has 2 rings (SSSR count). The zero-order chi connectivity index (χ0) is 10.1. The lowest BCUT2D eigenvalue weighted by atomic mass is 9.92. The topological polar surface area (TPSA) is 42.1 Å². The molecule has 4 heteroatoms. The normalized spacial score (nSPS) is 19.1. The first kappa shape index (κ1) is 9.93. The first-order valence-corrected chi connectivity index (χ1v) is 6.00. The molecular formula is C10H17N3S. The molecule has 14 heavy (non-hydrogen) atoms. The van der Waals surface area contributed by atoms with Crippen LogP contribution in [-0.4, -0.2) is 18.1 Å². The molecule has 0 aliphatic heterocycles. The Kier molecular flexibility index (Phi) is 2.74. The summed E-state index contributed by atoms with van der Waals surface area (Å²) in [7, 11) is 2.13. The number of nitrogens with zero attached hydrogens (tertiary/aromatic N) is 2. The Labute approximate surface area is 88.9 Å². The second kappa shape index (κ2) is 3.87. The van der Waals surface area contributed by atoms with E-state index in [4.69, 9.17) is 5.73 Å². The van der Waals surface area contributed by atoms with Crippen molar-refractivity contribution in [3.63, 3.8) is 0 Å². The highest BCUT2D eigenvalue weighted by molar-refractivity contribution is 7.13. The van der Waals surface area contributed by atoms with E-state index in [1.54, 1.807) is 11.3 Å². The van der Waals surface area contributed by atoms with Crippen molar-refractivity contribution in [2.24, 2.45) is 5.73 Å². The Bertz CT molecular complexity index is 304. The van der Waals surface area contributed by atoms with E-state index in [1.807, 2.05) is 6.92 Å². The van der Waals surface area contributed by atoms with Gasteiger partial charge in [0.2, 0.25) is 0 Å². The summed E-state index contributed by atoms with van der Waals surface area (Å²) >= 11 is 1.70. The van der Waals surface area contributed by atoms with Gasteiger partial charge in [-0.2, -0.15) is 0 Å². The molecule has 1 aromatic heterocycles. The zero-order valence-electron chi connectivity index (χ0n) is 8.73. The largest absolute Gasteiger partial charge is 0.348 e. The maximum Gasteiger partial charge on any atom is 0.185 e. The highest BCUT2D eigenvalue weighted by Gasteiger charge is 2.24. The number of rotatable bonds is 3. The first-order chi connectivity index (χ1) is 6.68. The fourth-order valence-corrected chi connectivity index (χ4v) is 2.54. The van der Waals surface area contributed by atoms with Crippen LogP contribution in [0.3, 0.4) is 0 Å². The number of hydrogen-bond acceptors (Lipinski definition) is 4. The van der Waals surface area contributed by atoms with Gasteiger partial charge in [0.05, 0.1) is 5.69 Å². The van der Waals surface area contributed by atoms with Crippen molar-refractivity contribution in [1.29, 1.82) is 0 Å². The summed E-state index contributed by atoms with van der Waals surface area (Å²) in [5.41, 5.74) is 6.79. The summed E-state index contributed by atoms with van der Waals surface area (Å²) in [6.07, 6.45) is 3.98. The number of thiazole rings is 1. The van der Waals surface area contributed by atoms with Gasteiger partial charge >= 0.3 is 0 Å². The molecule has 1 aliphatic rings. The van der Waals surface area contributed by atoms with Gasteiger partial charge in [-0.1, -0.05) is 0 Å². The number of anilines is 1.